The van der Waals surface area contributed by atoms with E-state index < -0.39 is 0 Å². The molecule has 0 bridgehead atoms. The molecule has 1 N–H and O–H groups in total. The quantitative estimate of drug-likeness (QED) is 0.342. The Labute approximate surface area is 133 Å². The van der Waals surface area contributed by atoms with Crippen LogP contribution in [-0.2, 0) is 7.05 Å². The van der Waals surface area contributed by atoms with Crippen molar-refractivity contribution in [3.8, 4) is 28.5 Å². The minimum Gasteiger partial charge on any atom is -0.508 e. The van der Waals surface area contributed by atoms with E-state index >= 15 is 0 Å². The molecule has 2 heterocycles. The molecule has 0 fully saturated rings. The van der Waals surface area contributed by atoms with Crippen LogP contribution in [0, 0.1) is 0 Å². The Morgan fingerprint density at radius 3 is 2.61 bits per heavy atom. The number of fused-ring (bicyclic) bond motifs is 4. The number of ether oxygens (including phenoxy) is 1. The zero-order valence-electron chi connectivity index (χ0n) is 12.6. The molecule has 3 heteroatoms. The molecule has 3 nitrogen and oxygen atoms in total. The molecule has 1 aromatic heterocycles. The van der Waals surface area contributed by atoms with Crippen LogP contribution in [0.2, 0.25) is 0 Å². The monoisotopic (exact) mass is 300 g/mol. The highest BCUT2D eigenvalue weighted by Gasteiger charge is 2.29. The van der Waals surface area contributed by atoms with Crippen molar-refractivity contribution >= 4 is 21.7 Å². The fraction of sp³-hybridized carbons (Fsp3) is 0.0500. The standard InChI is InChI=1S/C20H13NO2/c1-21-16-11-12(22)9-10-13(16)14-6-4-8-18-19(14)20(21)15-5-2-3-7-17(15)23-18/h2-11H,1H3/p+1. The van der Waals surface area contributed by atoms with E-state index in [0.717, 1.165) is 44.4 Å². The van der Waals surface area contributed by atoms with Gasteiger partial charge in [-0.25, -0.2) is 0 Å². The maximum absolute atomic E-state index is 9.92. The van der Waals surface area contributed by atoms with Gasteiger partial charge in [-0.05, 0) is 30.3 Å². The molecular formula is C20H14NO2+. The van der Waals surface area contributed by atoms with Gasteiger partial charge in [0.15, 0.2) is 0 Å². The third kappa shape index (κ3) is 1.56. The van der Waals surface area contributed by atoms with Gasteiger partial charge in [0, 0.05) is 5.39 Å². The Morgan fingerprint density at radius 1 is 0.870 bits per heavy atom. The van der Waals surface area contributed by atoms with E-state index in [1.54, 1.807) is 6.07 Å². The summed E-state index contributed by atoms with van der Waals surface area (Å²) in [7, 11) is 2.04. The maximum atomic E-state index is 9.92. The summed E-state index contributed by atoms with van der Waals surface area (Å²) in [6.07, 6.45) is 0. The van der Waals surface area contributed by atoms with Crippen LogP contribution in [-0.4, -0.2) is 5.11 Å². The van der Waals surface area contributed by atoms with Crippen molar-refractivity contribution in [1.82, 2.24) is 0 Å². The minimum absolute atomic E-state index is 0.274. The van der Waals surface area contributed by atoms with Gasteiger partial charge < -0.3 is 9.84 Å². The average Bonchev–Trinajstić information content (AvgIpc) is 2.58. The first kappa shape index (κ1) is 12.5. The predicted molar refractivity (Wildman–Crippen MR) is 89.8 cm³/mol. The Balaban J connectivity index is 2.10. The van der Waals surface area contributed by atoms with Crippen molar-refractivity contribution in [2.45, 2.75) is 0 Å². The highest BCUT2D eigenvalue weighted by molar-refractivity contribution is 6.12. The molecule has 0 amide bonds. The van der Waals surface area contributed by atoms with Crippen LogP contribution in [0.3, 0.4) is 0 Å². The molecule has 110 valence electrons. The van der Waals surface area contributed by atoms with Crippen molar-refractivity contribution in [1.29, 1.82) is 0 Å². The minimum atomic E-state index is 0.274. The first-order chi connectivity index (χ1) is 11.2. The molecule has 3 aromatic carbocycles. The van der Waals surface area contributed by atoms with E-state index in [1.807, 2.05) is 49.5 Å². The highest BCUT2D eigenvalue weighted by Crippen LogP contribution is 2.46. The van der Waals surface area contributed by atoms with Crippen molar-refractivity contribution in [3.05, 3.63) is 60.7 Å². The summed E-state index contributed by atoms with van der Waals surface area (Å²) in [5.41, 5.74) is 3.20. The number of para-hydroxylation sites is 1. The second kappa shape index (κ2) is 4.23. The number of nitrogens with zero attached hydrogens (tertiary/aromatic N) is 1. The first-order valence-corrected chi connectivity index (χ1v) is 7.59. The number of hydrogen-bond acceptors (Lipinski definition) is 2. The van der Waals surface area contributed by atoms with Gasteiger partial charge in [-0.1, -0.05) is 24.3 Å². The lowest BCUT2D eigenvalue weighted by Gasteiger charge is -2.20. The average molecular weight is 300 g/mol. The van der Waals surface area contributed by atoms with E-state index in [9.17, 15) is 5.11 Å². The Hall–Kier alpha value is -3.07. The van der Waals surface area contributed by atoms with Crippen molar-refractivity contribution < 1.29 is 14.4 Å². The second-order valence-electron chi connectivity index (χ2n) is 5.89. The third-order valence-corrected chi connectivity index (χ3v) is 4.59. The van der Waals surface area contributed by atoms with Crippen LogP contribution in [0.1, 0.15) is 0 Å². The Bertz CT molecular complexity index is 1120. The van der Waals surface area contributed by atoms with Crippen molar-refractivity contribution in [2.75, 3.05) is 0 Å². The molecule has 0 saturated carbocycles. The van der Waals surface area contributed by atoms with Gasteiger partial charge in [0.05, 0.1) is 22.4 Å². The van der Waals surface area contributed by atoms with Crippen LogP contribution in [0.25, 0.3) is 32.9 Å². The number of rotatable bonds is 0. The maximum Gasteiger partial charge on any atom is 0.228 e. The number of phenols is 1. The zero-order chi connectivity index (χ0) is 15.6. The molecular weight excluding hydrogens is 286 g/mol. The number of aromatic hydroxyl groups is 1. The number of aromatic nitrogens is 1. The lowest BCUT2D eigenvalue weighted by molar-refractivity contribution is -0.632. The summed E-state index contributed by atoms with van der Waals surface area (Å²) in [5, 5.41) is 13.3. The molecule has 23 heavy (non-hydrogen) atoms. The molecule has 1 aliphatic heterocycles. The fourth-order valence-electron chi connectivity index (χ4n) is 3.58. The van der Waals surface area contributed by atoms with Gasteiger partial charge in [-0.2, -0.15) is 4.57 Å². The molecule has 0 unspecified atom stereocenters. The molecule has 0 atom stereocenters. The normalized spacial score (nSPS) is 12.2. The van der Waals surface area contributed by atoms with Crippen LogP contribution in [0.4, 0.5) is 0 Å². The molecule has 0 aliphatic carbocycles. The summed E-state index contributed by atoms with van der Waals surface area (Å²) >= 11 is 0. The van der Waals surface area contributed by atoms with Crippen LogP contribution in [0.15, 0.2) is 60.7 Å². The molecule has 5 rings (SSSR count). The SMILES string of the molecule is C[n+]1c2c3c(cccc3c3ccc(O)cc31)Oc1ccccc1-2. The summed E-state index contributed by atoms with van der Waals surface area (Å²) in [4.78, 5) is 0. The third-order valence-electron chi connectivity index (χ3n) is 4.59. The Morgan fingerprint density at radius 2 is 1.70 bits per heavy atom. The number of aryl methyl sites for hydroxylation is 1. The Kier molecular flexibility index (Phi) is 2.29. The van der Waals surface area contributed by atoms with Gasteiger partial charge in [0.25, 0.3) is 0 Å². The van der Waals surface area contributed by atoms with Crippen LogP contribution < -0.4 is 9.30 Å². The molecule has 0 radical (unpaired) electrons. The molecule has 4 aromatic rings. The van der Waals surface area contributed by atoms with Crippen LogP contribution >= 0.6 is 0 Å². The van der Waals surface area contributed by atoms with Gasteiger partial charge in [-0.15, -0.1) is 0 Å². The summed E-state index contributed by atoms with van der Waals surface area (Å²) < 4.78 is 8.26. The zero-order valence-corrected chi connectivity index (χ0v) is 12.6. The lowest BCUT2D eigenvalue weighted by atomic mass is 9.96. The lowest BCUT2D eigenvalue weighted by Crippen LogP contribution is -2.33. The van der Waals surface area contributed by atoms with Crippen molar-refractivity contribution in [3.63, 3.8) is 0 Å². The smallest absolute Gasteiger partial charge is 0.228 e. The highest BCUT2D eigenvalue weighted by atomic mass is 16.5. The first-order valence-electron chi connectivity index (χ1n) is 7.59. The van der Waals surface area contributed by atoms with Gasteiger partial charge in [-0.3, -0.25) is 0 Å². The van der Waals surface area contributed by atoms with Crippen LogP contribution in [0.5, 0.6) is 17.2 Å². The summed E-state index contributed by atoms with van der Waals surface area (Å²) in [5.74, 6) is 2.01. The molecule has 0 spiro atoms. The largest absolute Gasteiger partial charge is 0.508 e. The predicted octanol–water partition coefficient (Wildman–Crippen LogP) is 4.30. The summed E-state index contributed by atoms with van der Waals surface area (Å²) in [6.45, 7) is 0. The van der Waals surface area contributed by atoms with Gasteiger partial charge >= 0.3 is 0 Å². The molecule has 0 saturated heterocycles. The van der Waals surface area contributed by atoms with Gasteiger partial charge in [0.1, 0.15) is 24.3 Å². The number of hydrogen-bond donors (Lipinski definition) is 1. The van der Waals surface area contributed by atoms with E-state index in [2.05, 4.69) is 16.7 Å². The number of phenolic OH excluding ortho intramolecular Hbond substituents is 1. The van der Waals surface area contributed by atoms with E-state index in [-0.39, 0.29) is 5.75 Å². The number of pyridine rings is 1. The summed E-state index contributed by atoms with van der Waals surface area (Å²) in [6, 6.07) is 19.7. The van der Waals surface area contributed by atoms with E-state index in [0.29, 0.717) is 0 Å². The van der Waals surface area contributed by atoms with E-state index in [1.165, 1.54) is 0 Å². The molecule has 1 aliphatic rings. The van der Waals surface area contributed by atoms with E-state index in [4.69, 9.17) is 4.74 Å². The van der Waals surface area contributed by atoms with Gasteiger partial charge in [0.2, 0.25) is 11.2 Å². The topological polar surface area (TPSA) is 33.3 Å². The fourth-order valence-corrected chi connectivity index (χ4v) is 3.58. The second-order valence-corrected chi connectivity index (χ2v) is 5.89. The van der Waals surface area contributed by atoms with Crippen molar-refractivity contribution in [2.24, 2.45) is 7.05 Å². The number of benzene rings is 3.